The Kier molecular flexibility index (Phi) is 10.4. The molecule has 0 heterocycles. The van der Waals surface area contributed by atoms with Crippen LogP contribution >= 0.6 is 0 Å². The van der Waals surface area contributed by atoms with E-state index in [2.05, 4.69) is 5.32 Å². The molecule has 3 rings (SSSR count). The summed E-state index contributed by atoms with van der Waals surface area (Å²) < 4.78 is 34.8. The van der Waals surface area contributed by atoms with Gasteiger partial charge in [0.05, 0.1) is 17.7 Å². The number of hydrogen-bond donors (Lipinski definition) is 1. The van der Waals surface area contributed by atoms with Crippen LogP contribution in [0.5, 0.6) is 5.75 Å². The number of sulfonamides is 1. The van der Waals surface area contributed by atoms with E-state index >= 15 is 0 Å². The largest absolute Gasteiger partial charge is 0.497 e. The van der Waals surface area contributed by atoms with E-state index < -0.39 is 34.1 Å². The van der Waals surface area contributed by atoms with Crippen molar-refractivity contribution in [2.45, 2.75) is 77.9 Å². The molecule has 8 nitrogen and oxygen atoms in total. The van der Waals surface area contributed by atoms with Crippen LogP contribution < -0.4 is 14.4 Å². The van der Waals surface area contributed by atoms with Gasteiger partial charge in [-0.25, -0.2) is 8.42 Å². The van der Waals surface area contributed by atoms with Gasteiger partial charge in [0, 0.05) is 12.1 Å². The van der Waals surface area contributed by atoms with Crippen molar-refractivity contribution in [2.75, 3.05) is 18.0 Å². The van der Waals surface area contributed by atoms with Crippen molar-refractivity contribution < 1.29 is 22.7 Å². The van der Waals surface area contributed by atoms with E-state index in [0.717, 1.165) is 26.6 Å². The Morgan fingerprint density at radius 1 is 0.952 bits per heavy atom. The van der Waals surface area contributed by atoms with Crippen molar-refractivity contribution in [1.29, 1.82) is 0 Å². The summed E-state index contributed by atoms with van der Waals surface area (Å²) in [6.45, 7) is 12.7. The molecule has 0 aliphatic heterocycles. The summed E-state index contributed by atoms with van der Waals surface area (Å²) in [5.41, 5.74) is 3.21. The maximum Gasteiger partial charge on any atom is 0.264 e. The first-order valence-electron chi connectivity index (χ1n) is 14.1. The molecule has 0 spiro atoms. The van der Waals surface area contributed by atoms with Crippen molar-refractivity contribution in [3.63, 3.8) is 0 Å². The number of nitrogens with zero attached hydrogens (tertiary/aromatic N) is 2. The molecule has 0 bridgehead atoms. The van der Waals surface area contributed by atoms with Gasteiger partial charge in [-0.2, -0.15) is 0 Å². The third kappa shape index (κ3) is 7.91. The van der Waals surface area contributed by atoms with Crippen LogP contribution in [-0.2, 0) is 26.2 Å². The summed E-state index contributed by atoms with van der Waals surface area (Å²) in [7, 11) is -2.58. The number of ether oxygens (including phenoxy) is 1. The SMILES string of the molecule is CC[C@@H](C(=O)NC(C)(C)C)N(Cc1cccc(OC)c1)C(=O)CN(c1cccc(C)c1C)S(=O)(=O)c1ccc(C)cc1. The van der Waals surface area contributed by atoms with Crippen molar-refractivity contribution in [3.8, 4) is 5.75 Å². The van der Waals surface area contributed by atoms with E-state index in [4.69, 9.17) is 4.74 Å². The second-order valence-corrected chi connectivity index (χ2v) is 13.4. The van der Waals surface area contributed by atoms with Gasteiger partial charge in [0.1, 0.15) is 18.3 Å². The molecular weight excluding hydrogens is 550 g/mol. The molecule has 0 aliphatic rings. The Morgan fingerprint density at radius 3 is 2.19 bits per heavy atom. The third-order valence-corrected chi connectivity index (χ3v) is 8.88. The van der Waals surface area contributed by atoms with Crippen LogP contribution in [0.3, 0.4) is 0 Å². The van der Waals surface area contributed by atoms with Gasteiger partial charge < -0.3 is 15.0 Å². The molecule has 0 fully saturated rings. The first-order valence-corrected chi connectivity index (χ1v) is 15.5. The summed E-state index contributed by atoms with van der Waals surface area (Å²) in [6, 6.07) is 18.4. The third-order valence-electron chi connectivity index (χ3n) is 7.10. The molecule has 42 heavy (non-hydrogen) atoms. The Morgan fingerprint density at radius 2 is 1.60 bits per heavy atom. The molecule has 226 valence electrons. The molecule has 2 amide bonds. The monoisotopic (exact) mass is 593 g/mol. The van der Waals surface area contributed by atoms with Crippen molar-refractivity contribution in [1.82, 2.24) is 10.2 Å². The number of aryl methyl sites for hydroxylation is 2. The summed E-state index contributed by atoms with van der Waals surface area (Å²) >= 11 is 0. The number of benzene rings is 3. The summed E-state index contributed by atoms with van der Waals surface area (Å²) in [5.74, 6) is -0.183. The molecule has 0 radical (unpaired) electrons. The molecule has 9 heteroatoms. The molecule has 3 aromatic rings. The normalized spacial score (nSPS) is 12.4. The quantitative estimate of drug-likeness (QED) is 0.315. The Hall–Kier alpha value is -3.85. The van der Waals surface area contributed by atoms with Crippen molar-refractivity contribution in [2.24, 2.45) is 0 Å². The van der Waals surface area contributed by atoms with Gasteiger partial charge in [-0.3, -0.25) is 13.9 Å². The van der Waals surface area contributed by atoms with Crippen LogP contribution in [0.4, 0.5) is 5.69 Å². The lowest BCUT2D eigenvalue weighted by molar-refractivity contribution is -0.141. The predicted molar refractivity (Wildman–Crippen MR) is 167 cm³/mol. The number of nitrogens with one attached hydrogen (secondary N) is 1. The number of carbonyl (C=O) groups excluding carboxylic acids is 2. The van der Waals surface area contributed by atoms with E-state index in [1.807, 2.05) is 66.7 Å². The zero-order valence-corrected chi connectivity index (χ0v) is 26.7. The standard InChI is InChI=1S/C33H43N3O5S/c1-9-29(32(38)34-33(5,6)7)35(21-26-13-11-14-27(20-26)41-8)31(37)22-36(30-15-10-12-24(3)25(30)4)42(39,40)28-18-16-23(2)17-19-28/h10-20,29H,9,21-22H2,1-8H3,(H,34,38)/t29-/m0/s1. The highest BCUT2D eigenvalue weighted by molar-refractivity contribution is 7.92. The molecule has 1 N–H and O–H groups in total. The van der Waals surface area contributed by atoms with Gasteiger partial charge in [-0.15, -0.1) is 0 Å². The number of anilines is 1. The van der Waals surface area contributed by atoms with Gasteiger partial charge in [0.2, 0.25) is 11.8 Å². The van der Waals surface area contributed by atoms with Crippen LogP contribution in [0.1, 0.15) is 56.4 Å². The lowest BCUT2D eigenvalue weighted by Gasteiger charge is -2.35. The van der Waals surface area contributed by atoms with Crippen LogP contribution in [0.25, 0.3) is 0 Å². The van der Waals surface area contributed by atoms with E-state index in [0.29, 0.717) is 17.9 Å². The number of carbonyl (C=O) groups is 2. The van der Waals surface area contributed by atoms with Crippen LogP contribution in [0.2, 0.25) is 0 Å². The van der Waals surface area contributed by atoms with Crippen LogP contribution in [-0.4, -0.2) is 50.4 Å². The number of hydrogen-bond acceptors (Lipinski definition) is 5. The topological polar surface area (TPSA) is 96.0 Å². The predicted octanol–water partition coefficient (Wildman–Crippen LogP) is 5.54. The van der Waals surface area contributed by atoms with E-state index in [1.165, 1.54) is 4.90 Å². The average molecular weight is 594 g/mol. The average Bonchev–Trinajstić information content (AvgIpc) is 2.92. The maximum absolute atomic E-state index is 14.3. The second-order valence-electron chi connectivity index (χ2n) is 11.6. The fourth-order valence-corrected chi connectivity index (χ4v) is 6.17. The molecule has 3 aromatic carbocycles. The molecular formula is C33H43N3O5S. The number of rotatable bonds is 11. The molecule has 0 saturated heterocycles. The van der Waals surface area contributed by atoms with Crippen molar-refractivity contribution in [3.05, 3.63) is 89.0 Å². The van der Waals surface area contributed by atoms with E-state index in [9.17, 15) is 18.0 Å². The summed E-state index contributed by atoms with van der Waals surface area (Å²) in [5, 5.41) is 2.99. The highest BCUT2D eigenvalue weighted by Crippen LogP contribution is 2.29. The fourth-order valence-electron chi connectivity index (χ4n) is 4.70. The summed E-state index contributed by atoms with van der Waals surface area (Å²) in [4.78, 5) is 29.3. The highest BCUT2D eigenvalue weighted by atomic mass is 32.2. The Balaban J connectivity index is 2.12. The van der Waals surface area contributed by atoms with Crippen LogP contribution in [0.15, 0.2) is 71.6 Å². The zero-order valence-electron chi connectivity index (χ0n) is 25.9. The highest BCUT2D eigenvalue weighted by Gasteiger charge is 2.35. The Bertz CT molecular complexity index is 1510. The smallest absolute Gasteiger partial charge is 0.264 e. The van der Waals surface area contributed by atoms with Gasteiger partial charge in [-0.1, -0.05) is 48.9 Å². The molecule has 1 atom stereocenters. The lowest BCUT2D eigenvalue weighted by atomic mass is 10.1. The maximum atomic E-state index is 14.3. The number of methoxy groups -OCH3 is 1. The minimum absolute atomic E-state index is 0.0821. The minimum atomic E-state index is -4.14. The second kappa shape index (κ2) is 13.4. The summed E-state index contributed by atoms with van der Waals surface area (Å²) in [6.07, 6.45) is 0.339. The van der Waals surface area contributed by atoms with Gasteiger partial charge in [-0.05, 0) is 95.0 Å². The molecule has 0 saturated carbocycles. The lowest BCUT2D eigenvalue weighted by Crippen LogP contribution is -2.55. The van der Waals surface area contributed by atoms with Gasteiger partial charge in [0.25, 0.3) is 10.0 Å². The van der Waals surface area contributed by atoms with Crippen molar-refractivity contribution >= 4 is 27.5 Å². The molecule has 0 unspecified atom stereocenters. The molecule has 0 aliphatic carbocycles. The van der Waals surface area contributed by atoms with Gasteiger partial charge >= 0.3 is 0 Å². The van der Waals surface area contributed by atoms with Crippen LogP contribution in [0, 0.1) is 20.8 Å². The Labute approximate surface area is 250 Å². The van der Waals surface area contributed by atoms with Gasteiger partial charge in [0.15, 0.2) is 0 Å². The fraction of sp³-hybridized carbons (Fsp3) is 0.394. The first kappa shape index (κ1) is 32.7. The van der Waals surface area contributed by atoms with E-state index in [1.54, 1.807) is 55.6 Å². The molecule has 0 aromatic heterocycles. The zero-order chi connectivity index (χ0) is 31.2. The minimum Gasteiger partial charge on any atom is -0.497 e. The number of amides is 2. The van der Waals surface area contributed by atoms with E-state index in [-0.39, 0.29) is 17.3 Å². The first-order chi connectivity index (χ1) is 19.7.